The van der Waals surface area contributed by atoms with E-state index in [4.69, 9.17) is 0 Å². The van der Waals surface area contributed by atoms with E-state index in [1.54, 1.807) is 24.6 Å². The third-order valence-electron chi connectivity index (χ3n) is 3.67. The quantitative estimate of drug-likeness (QED) is 0.683. The first-order valence-electron chi connectivity index (χ1n) is 7.39. The smallest absolute Gasteiger partial charge is 0.265 e. The zero-order chi connectivity index (χ0) is 18.2. The second-order valence-corrected chi connectivity index (χ2v) is 8.01. The highest BCUT2D eigenvalue weighted by Crippen LogP contribution is 2.27. The first-order chi connectivity index (χ1) is 11.8. The van der Waals surface area contributed by atoms with Gasteiger partial charge in [-0.05, 0) is 44.2 Å². The standard InChI is InChI=1S/C17H15BrFN3O2S/c1-11-17(12(2)22(20-11)14-6-4-3-5-7-14)25(23,24)21-16-9-8-13(18)10-15(16)19/h3-10,21H,1-2H3. The Balaban J connectivity index is 2.05. The van der Waals surface area contributed by atoms with Gasteiger partial charge in [0.2, 0.25) is 0 Å². The van der Waals surface area contributed by atoms with Gasteiger partial charge in [-0.15, -0.1) is 0 Å². The molecule has 0 saturated heterocycles. The molecule has 8 heteroatoms. The molecule has 0 aliphatic rings. The molecule has 0 spiro atoms. The zero-order valence-corrected chi connectivity index (χ0v) is 15.9. The van der Waals surface area contributed by atoms with Gasteiger partial charge in [-0.3, -0.25) is 4.72 Å². The Morgan fingerprint density at radius 2 is 1.80 bits per heavy atom. The molecule has 5 nitrogen and oxygen atoms in total. The van der Waals surface area contributed by atoms with Crippen LogP contribution in [0.3, 0.4) is 0 Å². The Morgan fingerprint density at radius 3 is 2.44 bits per heavy atom. The second-order valence-electron chi connectivity index (χ2n) is 5.48. The van der Waals surface area contributed by atoms with E-state index >= 15 is 0 Å². The van der Waals surface area contributed by atoms with Crippen LogP contribution in [0.15, 0.2) is 57.9 Å². The van der Waals surface area contributed by atoms with E-state index in [9.17, 15) is 12.8 Å². The molecule has 0 saturated carbocycles. The highest BCUT2D eigenvalue weighted by Gasteiger charge is 2.26. The molecular weight excluding hydrogens is 409 g/mol. The second kappa shape index (κ2) is 6.61. The fraction of sp³-hybridized carbons (Fsp3) is 0.118. The Labute approximate surface area is 153 Å². The maximum atomic E-state index is 14.0. The average molecular weight is 424 g/mol. The number of nitrogens with one attached hydrogen (secondary N) is 1. The van der Waals surface area contributed by atoms with E-state index in [0.717, 1.165) is 5.69 Å². The van der Waals surface area contributed by atoms with Crippen LogP contribution in [0.4, 0.5) is 10.1 Å². The van der Waals surface area contributed by atoms with E-state index < -0.39 is 15.8 Å². The summed E-state index contributed by atoms with van der Waals surface area (Å²) in [6, 6.07) is 13.3. The molecule has 0 fully saturated rings. The minimum atomic E-state index is -3.99. The molecule has 1 heterocycles. The maximum Gasteiger partial charge on any atom is 0.265 e. The number of hydrogen-bond donors (Lipinski definition) is 1. The summed E-state index contributed by atoms with van der Waals surface area (Å²) >= 11 is 3.14. The van der Waals surface area contributed by atoms with Crippen molar-refractivity contribution in [2.75, 3.05) is 4.72 Å². The molecule has 130 valence electrons. The third-order valence-corrected chi connectivity index (χ3v) is 5.78. The van der Waals surface area contributed by atoms with Crippen LogP contribution in [0.25, 0.3) is 5.69 Å². The number of benzene rings is 2. The van der Waals surface area contributed by atoms with Crippen LogP contribution in [-0.4, -0.2) is 18.2 Å². The van der Waals surface area contributed by atoms with Crippen molar-refractivity contribution in [3.63, 3.8) is 0 Å². The topological polar surface area (TPSA) is 64.0 Å². The molecule has 0 amide bonds. The molecule has 0 unspecified atom stereocenters. The maximum absolute atomic E-state index is 14.0. The number of nitrogens with zero attached hydrogens (tertiary/aromatic N) is 2. The van der Waals surface area contributed by atoms with Crippen LogP contribution in [0.2, 0.25) is 0 Å². The van der Waals surface area contributed by atoms with Crippen molar-refractivity contribution >= 4 is 31.6 Å². The molecule has 3 aromatic rings. The SMILES string of the molecule is Cc1nn(-c2ccccc2)c(C)c1S(=O)(=O)Nc1ccc(Br)cc1F. The van der Waals surface area contributed by atoms with Crippen molar-refractivity contribution in [3.8, 4) is 5.69 Å². The van der Waals surface area contributed by atoms with Crippen molar-refractivity contribution < 1.29 is 12.8 Å². The predicted octanol–water partition coefficient (Wildman–Crippen LogP) is 4.19. The summed E-state index contributed by atoms with van der Waals surface area (Å²) in [4.78, 5) is 0.0404. The molecule has 0 aliphatic carbocycles. The highest BCUT2D eigenvalue weighted by atomic mass is 79.9. The van der Waals surface area contributed by atoms with Gasteiger partial charge in [-0.1, -0.05) is 34.1 Å². The Kier molecular flexibility index (Phi) is 4.66. The van der Waals surface area contributed by atoms with E-state index in [2.05, 4.69) is 25.8 Å². The molecule has 25 heavy (non-hydrogen) atoms. The van der Waals surface area contributed by atoms with Gasteiger partial charge in [0.25, 0.3) is 10.0 Å². The molecule has 0 bridgehead atoms. The van der Waals surface area contributed by atoms with E-state index in [1.807, 2.05) is 30.3 Å². The molecule has 0 radical (unpaired) electrons. The number of hydrogen-bond acceptors (Lipinski definition) is 3. The summed E-state index contributed by atoms with van der Waals surface area (Å²) in [7, 11) is -3.99. The van der Waals surface area contributed by atoms with Gasteiger partial charge in [0.05, 0.1) is 22.8 Å². The minimum absolute atomic E-state index is 0.0404. The van der Waals surface area contributed by atoms with Crippen molar-refractivity contribution in [2.45, 2.75) is 18.7 Å². The summed E-state index contributed by atoms with van der Waals surface area (Å²) in [5.41, 5.74) is 1.42. The summed E-state index contributed by atoms with van der Waals surface area (Å²) in [5.74, 6) is -0.663. The first kappa shape index (κ1) is 17.6. The van der Waals surface area contributed by atoms with Crippen LogP contribution in [-0.2, 0) is 10.0 Å². The molecule has 3 rings (SSSR count). The summed E-state index contributed by atoms with van der Waals surface area (Å²) in [6.45, 7) is 3.28. The molecular formula is C17H15BrFN3O2S. The average Bonchev–Trinajstić information content (AvgIpc) is 2.86. The van der Waals surface area contributed by atoms with Crippen molar-refractivity contribution in [1.29, 1.82) is 0 Å². The number of anilines is 1. The third kappa shape index (κ3) is 3.45. The van der Waals surface area contributed by atoms with Gasteiger partial charge in [0.1, 0.15) is 10.7 Å². The molecule has 1 aromatic heterocycles. The van der Waals surface area contributed by atoms with Gasteiger partial charge in [0, 0.05) is 4.47 Å². The van der Waals surface area contributed by atoms with Crippen LogP contribution in [0, 0.1) is 19.7 Å². The molecule has 1 N–H and O–H groups in total. The lowest BCUT2D eigenvalue weighted by molar-refractivity contribution is 0.597. The van der Waals surface area contributed by atoms with Crippen LogP contribution in [0.1, 0.15) is 11.4 Å². The van der Waals surface area contributed by atoms with Crippen molar-refractivity contribution in [2.24, 2.45) is 0 Å². The number of rotatable bonds is 4. The molecule has 0 aliphatic heterocycles. The molecule has 0 atom stereocenters. The van der Waals surface area contributed by atoms with Gasteiger partial charge in [0.15, 0.2) is 0 Å². The summed E-state index contributed by atoms with van der Waals surface area (Å²) in [5, 5.41) is 4.32. The summed E-state index contributed by atoms with van der Waals surface area (Å²) < 4.78 is 43.9. The van der Waals surface area contributed by atoms with Gasteiger partial charge in [-0.2, -0.15) is 5.10 Å². The largest absolute Gasteiger partial charge is 0.277 e. The van der Waals surface area contributed by atoms with Crippen molar-refractivity contribution in [3.05, 3.63) is 70.2 Å². The van der Waals surface area contributed by atoms with E-state index in [-0.39, 0.29) is 10.6 Å². The van der Waals surface area contributed by atoms with Crippen molar-refractivity contribution in [1.82, 2.24) is 9.78 Å². The molecule has 2 aromatic carbocycles. The van der Waals surface area contributed by atoms with Crippen LogP contribution in [0.5, 0.6) is 0 Å². The van der Waals surface area contributed by atoms with Crippen LogP contribution < -0.4 is 4.72 Å². The lowest BCUT2D eigenvalue weighted by Gasteiger charge is -2.10. The van der Waals surface area contributed by atoms with Crippen LogP contribution >= 0.6 is 15.9 Å². The number of aromatic nitrogens is 2. The predicted molar refractivity (Wildman–Crippen MR) is 97.9 cm³/mol. The number of aryl methyl sites for hydroxylation is 1. The first-order valence-corrected chi connectivity index (χ1v) is 9.67. The zero-order valence-electron chi connectivity index (χ0n) is 13.5. The Morgan fingerprint density at radius 1 is 1.12 bits per heavy atom. The lowest BCUT2D eigenvalue weighted by Crippen LogP contribution is -2.16. The van der Waals surface area contributed by atoms with Gasteiger partial charge < -0.3 is 0 Å². The monoisotopic (exact) mass is 423 g/mol. The van der Waals surface area contributed by atoms with E-state index in [1.165, 1.54) is 12.1 Å². The fourth-order valence-corrected chi connectivity index (χ4v) is 4.40. The fourth-order valence-electron chi connectivity index (χ4n) is 2.61. The normalized spacial score (nSPS) is 11.5. The minimum Gasteiger partial charge on any atom is -0.277 e. The Bertz CT molecular complexity index is 1030. The number of sulfonamides is 1. The summed E-state index contributed by atoms with van der Waals surface area (Å²) in [6.07, 6.45) is 0. The van der Waals surface area contributed by atoms with Gasteiger partial charge in [-0.25, -0.2) is 17.5 Å². The Hall–Kier alpha value is -2.19. The number of para-hydroxylation sites is 1. The van der Waals surface area contributed by atoms with E-state index in [0.29, 0.717) is 15.9 Å². The van der Waals surface area contributed by atoms with Gasteiger partial charge >= 0.3 is 0 Å². The number of halogens is 2. The highest BCUT2D eigenvalue weighted by molar-refractivity contribution is 9.10. The lowest BCUT2D eigenvalue weighted by atomic mass is 10.3.